The highest BCUT2D eigenvalue weighted by molar-refractivity contribution is 5.62. The van der Waals surface area contributed by atoms with Gasteiger partial charge in [-0.3, -0.25) is 5.32 Å². The third kappa shape index (κ3) is 3.25. The molecule has 0 aromatic heterocycles. The minimum absolute atomic E-state index is 1.62. The summed E-state index contributed by atoms with van der Waals surface area (Å²) in [7, 11) is 1.81. The van der Waals surface area contributed by atoms with Crippen molar-refractivity contribution in [3.63, 3.8) is 0 Å². The quantitative estimate of drug-likeness (QED) is 0.256. The zero-order chi connectivity index (χ0) is 4.83. The van der Waals surface area contributed by atoms with Gasteiger partial charge in [0, 0.05) is 6.92 Å². The predicted molar refractivity (Wildman–Crippen MR) is 29.0 cm³/mol. The number of rotatable bonds is 1. The Morgan fingerprint density at radius 2 is 2.33 bits per heavy atom. The van der Waals surface area contributed by atoms with Crippen LogP contribution in [0.25, 0.3) is 0 Å². The maximum Gasteiger partial charge on any atom is 0.330 e. The van der Waals surface area contributed by atoms with Crippen molar-refractivity contribution in [2.75, 3.05) is 7.05 Å². The van der Waals surface area contributed by atoms with E-state index < -0.39 is 0 Å². The molecule has 0 aromatic carbocycles. The largest absolute Gasteiger partial charge is 0.330 e. The van der Waals surface area contributed by atoms with Crippen LogP contribution < -0.4 is 9.98 Å². The molecule has 0 amide bonds. The van der Waals surface area contributed by atoms with Crippen molar-refractivity contribution in [1.29, 1.82) is 0 Å². The first-order valence-electron chi connectivity index (χ1n) is 1.88. The lowest BCUT2D eigenvalue weighted by Crippen LogP contribution is -2.02. The van der Waals surface area contributed by atoms with Crippen molar-refractivity contribution in [2.24, 2.45) is 0 Å². The average Bonchev–Trinajstić information content (AvgIpc) is 1.61. The molecule has 0 aliphatic rings. The second-order valence-corrected chi connectivity index (χ2v) is 0.825. The third-order valence-corrected chi connectivity index (χ3v) is 0.353. The molecule has 0 saturated heterocycles. The molecule has 0 aliphatic carbocycles. The van der Waals surface area contributed by atoms with E-state index in [0.717, 1.165) is 0 Å². The second-order valence-electron chi connectivity index (χ2n) is 0.825. The van der Waals surface area contributed by atoms with Gasteiger partial charge in [-0.05, 0) is 0 Å². The molecule has 0 saturated carbocycles. The van der Waals surface area contributed by atoms with Crippen LogP contribution in [0.15, 0.2) is 0 Å². The van der Waals surface area contributed by atoms with E-state index in [1.807, 2.05) is 14.0 Å². The summed E-state index contributed by atoms with van der Waals surface area (Å²) in [5.41, 5.74) is 0. The predicted octanol–water partition coefficient (Wildman–Crippen LogP) is -0.608. The van der Waals surface area contributed by atoms with Gasteiger partial charge >= 0.3 is 6.34 Å². The van der Waals surface area contributed by atoms with Crippen LogP contribution in [0.2, 0.25) is 0 Å². The summed E-state index contributed by atoms with van der Waals surface area (Å²) >= 11 is 0. The van der Waals surface area contributed by atoms with E-state index >= 15 is 0 Å². The van der Waals surface area contributed by atoms with Crippen LogP contribution in [-0.4, -0.2) is 19.6 Å². The van der Waals surface area contributed by atoms with E-state index in [9.17, 15) is 0 Å². The molecular formula is C4H9N2+. The van der Waals surface area contributed by atoms with Crippen LogP contribution in [0.4, 0.5) is 0 Å². The average molecular weight is 85.1 g/mol. The fourth-order valence-electron chi connectivity index (χ4n) is 0.149. The van der Waals surface area contributed by atoms with E-state index in [1.165, 1.54) is 0 Å². The lowest BCUT2D eigenvalue weighted by atomic mass is 10.9. The highest BCUT2D eigenvalue weighted by Gasteiger charge is 1.59. The van der Waals surface area contributed by atoms with Crippen molar-refractivity contribution in [2.45, 2.75) is 6.92 Å². The van der Waals surface area contributed by atoms with Gasteiger partial charge in [0.15, 0.2) is 6.21 Å². The number of hydrogen-bond acceptors (Lipinski definition) is 0. The monoisotopic (exact) mass is 85.1 g/mol. The molecule has 6 heavy (non-hydrogen) atoms. The fourth-order valence-corrected chi connectivity index (χ4v) is 0.149. The number of nitrogens with zero attached hydrogens (tertiary/aromatic N) is 1. The Morgan fingerprint density at radius 1 is 1.67 bits per heavy atom. The third-order valence-electron chi connectivity index (χ3n) is 0.353. The van der Waals surface area contributed by atoms with Gasteiger partial charge in [0.05, 0.1) is 7.05 Å². The van der Waals surface area contributed by atoms with Gasteiger partial charge in [-0.15, -0.1) is 0 Å². The Bertz CT molecular complexity index is 69.6. The lowest BCUT2D eigenvalue weighted by Gasteiger charge is -1.59. The van der Waals surface area contributed by atoms with Crippen molar-refractivity contribution < 1.29 is 0 Å². The molecule has 1 N–H and O–H groups in total. The molecule has 2 heteroatoms. The molecule has 0 aliphatic heterocycles. The molecule has 0 radical (unpaired) electrons. The van der Waals surface area contributed by atoms with Gasteiger partial charge in [-0.25, -0.2) is 4.67 Å². The first-order valence-corrected chi connectivity index (χ1v) is 1.88. The molecule has 0 spiro atoms. The Morgan fingerprint density at radius 3 is 2.50 bits per heavy atom. The van der Waals surface area contributed by atoms with Crippen molar-refractivity contribution >= 4 is 12.6 Å². The van der Waals surface area contributed by atoms with Gasteiger partial charge in [-0.2, -0.15) is 0 Å². The molecule has 2 nitrogen and oxygen atoms in total. The summed E-state index contributed by atoms with van der Waals surface area (Å²) in [6, 6.07) is 0. The van der Waals surface area contributed by atoms with Crippen LogP contribution >= 0.6 is 0 Å². The molecule has 0 aromatic rings. The number of hydrogen-bond donors (Lipinski definition) is 1. The van der Waals surface area contributed by atoms with Crippen LogP contribution in [0, 0.1) is 0 Å². The normalized spacial score (nSPS) is 5.67. The zero-order valence-electron chi connectivity index (χ0n) is 4.10. The van der Waals surface area contributed by atoms with Gasteiger partial charge in [0.2, 0.25) is 0 Å². The van der Waals surface area contributed by atoms with Gasteiger partial charge in [-0.1, -0.05) is 0 Å². The molecule has 0 atom stereocenters. The summed E-state index contributed by atoms with van der Waals surface area (Å²) in [4.78, 5) is 0. The maximum atomic E-state index is 3.73. The van der Waals surface area contributed by atoms with E-state index in [-0.39, 0.29) is 0 Å². The Kier molecular flexibility index (Phi) is 3.72. The molecule has 0 unspecified atom stereocenters. The smallest absolute Gasteiger partial charge is 0.270 e. The Balaban J connectivity index is 3.18. The van der Waals surface area contributed by atoms with E-state index in [1.54, 1.807) is 12.6 Å². The minimum Gasteiger partial charge on any atom is -0.270 e. The van der Waals surface area contributed by atoms with E-state index in [4.69, 9.17) is 0 Å². The molecule has 0 fully saturated rings. The van der Waals surface area contributed by atoms with Crippen molar-refractivity contribution in [3.8, 4) is 0 Å². The van der Waals surface area contributed by atoms with Gasteiger partial charge in [0.25, 0.3) is 0 Å². The summed E-state index contributed by atoms with van der Waals surface area (Å²) in [5.74, 6) is 0. The Hall–Kier alpha value is -0.750. The number of nitrogens with one attached hydrogen (secondary N) is 1. The standard InChI is InChI=1S/C4H8N2/c1-3-6-4-5-2/h3-4H,1-2H3/p+1. The van der Waals surface area contributed by atoms with Crippen molar-refractivity contribution in [1.82, 2.24) is 9.98 Å². The Labute approximate surface area is 37.6 Å². The van der Waals surface area contributed by atoms with Gasteiger partial charge < -0.3 is 0 Å². The van der Waals surface area contributed by atoms with Crippen LogP contribution in [-0.2, 0) is 0 Å². The first kappa shape index (κ1) is 5.25. The molecule has 0 heterocycles. The zero-order valence-corrected chi connectivity index (χ0v) is 4.10. The minimum atomic E-state index is 1.62. The van der Waals surface area contributed by atoms with Crippen LogP contribution in [0.1, 0.15) is 6.92 Å². The summed E-state index contributed by atoms with van der Waals surface area (Å²) < 4.78 is 3.73. The molecule has 34 valence electrons. The first-order chi connectivity index (χ1) is 2.91. The molecular weight excluding hydrogens is 76.1 g/mol. The highest BCUT2D eigenvalue weighted by atomic mass is 14.8. The summed E-state index contributed by atoms with van der Waals surface area (Å²) in [6.45, 7) is 1.87. The van der Waals surface area contributed by atoms with Crippen LogP contribution in [0.5, 0.6) is 0 Å². The lowest BCUT2D eigenvalue weighted by molar-refractivity contribution is 1.21. The molecule has 0 bridgehead atoms. The topological polar surface area (TPSA) is 26.1 Å². The van der Waals surface area contributed by atoms with Crippen molar-refractivity contribution in [3.05, 3.63) is 0 Å². The SMILES string of the molecule is CC=[N+]=CNC. The highest BCUT2D eigenvalue weighted by Crippen LogP contribution is 1.21. The summed E-state index contributed by atoms with van der Waals surface area (Å²) in [5, 5.41) is 2.75. The van der Waals surface area contributed by atoms with E-state index in [0.29, 0.717) is 0 Å². The maximum absolute atomic E-state index is 3.73. The molecule has 0 rings (SSSR count). The second kappa shape index (κ2) is 4.25. The van der Waals surface area contributed by atoms with E-state index in [2.05, 4.69) is 9.98 Å². The summed E-state index contributed by atoms with van der Waals surface area (Å²) in [6.07, 6.45) is 3.34. The fraction of sp³-hybridized carbons (Fsp3) is 0.500. The van der Waals surface area contributed by atoms with Gasteiger partial charge in [0.1, 0.15) is 0 Å². The van der Waals surface area contributed by atoms with Crippen LogP contribution in [0.3, 0.4) is 0 Å².